The normalized spacial score (nSPS) is 12.8. The Balaban J connectivity index is 1.21. The number of aromatic nitrogens is 1. The van der Waals surface area contributed by atoms with Crippen LogP contribution in [0.2, 0.25) is 0 Å². The highest BCUT2D eigenvalue weighted by molar-refractivity contribution is 7.99. The Labute approximate surface area is 226 Å². The molecule has 2 heterocycles. The summed E-state index contributed by atoms with van der Waals surface area (Å²) in [6, 6.07) is 26.5. The maximum absolute atomic E-state index is 6.05. The number of rotatable bonds is 13. The zero-order chi connectivity index (χ0) is 25.3. The van der Waals surface area contributed by atoms with Gasteiger partial charge < -0.3 is 14.6 Å². The summed E-state index contributed by atoms with van der Waals surface area (Å²) >= 11 is 1.98. The molecule has 1 aliphatic rings. The highest BCUT2D eigenvalue weighted by Gasteiger charge is 2.23. The van der Waals surface area contributed by atoms with E-state index >= 15 is 0 Å². The molecule has 37 heavy (non-hydrogen) atoms. The molecule has 4 aromatic rings. The minimum atomic E-state index is 0.791. The fourth-order valence-corrected chi connectivity index (χ4v) is 6.39. The molecular formula is C33H40N2OS. The Hall–Kier alpha value is -2.69. The third kappa shape index (κ3) is 6.42. The highest BCUT2D eigenvalue weighted by Crippen LogP contribution is 2.42. The van der Waals surface area contributed by atoms with Crippen LogP contribution in [0.4, 0.5) is 0 Å². The fraction of sp³-hybridized carbons (Fsp3) is 0.394. The smallest absolute Gasteiger partial charge is 0.119 e. The molecule has 0 unspecified atom stereocenters. The second kappa shape index (κ2) is 13.2. The molecule has 0 aliphatic carbocycles. The molecule has 0 bridgehead atoms. The first-order valence-electron chi connectivity index (χ1n) is 14.1. The van der Waals surface area contributed by atoms with Gasteiger partial charge in [-0.15, -0.1) is 11.8 Å². The highest BCUT2D eigenvalue weighted by atomic mass is 32.2. The van der Waals surface area contributed by atoms with Crippen molar-refractivity contribution >= 4 is 22.7 Å². The molecule has 1 aliphatic heterocycles. The molecular weight excluding hydrogens is 472 g/mol. The van der Waals surface area contributed by atoms with Crippen molar-refractivity contribution in [2.45, 2.75) is 63.3 Å². The Morgan fingerprint density at radius 2 is 1.62 bits per heavy atom. The number of hydrogen-bond donors (Lipinski definition) is 1. The summed E-state index contributed by atoms with van der Waals surface area (Å²) in [4.78, 5) is 1.39. The molecule has 0 fully saturated rings. The van der Waals surface area contributed by atoms with Gasteiger partial charge in [0.15, 0.2) is 0 Å². The van der Waals surface area contributed by atoms with Gasteiger partial charge in [-0.1, -0.05) is 68.3 Å². The van der Waals surface area contributed by atoms with Crippen molar-refractivity contribution in [3.05, 3.63) is 83.9 Å². The van der Waals surface area contributed by atoms with Crippen LogP contribution in [0.15, 0.2) is 77.7 Å². The maximum atomic E-state index is 6.05. The average Bonchev–Trinajstić information content (AvgIpc) is 3.10. The van der Waals surface area contributed by atoms with Gasteiger partial charge in [0.1, 0.15) is 5.75 Å². The van der Waals surface area contributed by atoms with Gasteiger partial charge in [-0.05, 0) is 80.6 Å². The van der Waals surface area contributed by atoms with Crippen molar-refractivity contribution in [2.24, 2.45) is 0 Å². The molecule has 3 aromatic carbocycles. The first-order valence-corrected chi connectivity index (χ1v) is 15.1. The Bertz CT molecular complexity index is 1280. The number of aryl methyl sites for hydroxylation is 1. The van der Waals surface area contributed by atoms with Crippen LogP contribution in [-0.2, 0) is 13.0 Å². The zero-order valence-electron chi connectivity index (χ0n) is 22.2. The first kappa shape index (κ1) is 25.9. The molecule has 1 N–H and O–H groups in total. The summed E-state index contributed by atoms with van der Waals surface area (Å²) in [5.74, 6) is 2.10. The number of fused-ring (bicyclic) bond motifs is 5. The van der Waals surface area contributed by atoms with Gasteiger partial charge in [0.2, 0.25) is 0 Å². The lowest BCUT2D eigenvalue weighted by molar-refractivity contribution is 0.305. The van der Waals surface area contributed by atoms with E-state index in [0.717, 1.165) is 50.6 Å². The van der Waals surface area contributed by atoms with Gasteiger partial charge in [0.05, 0.1) is 12.3 Å². The fourth-order valence-electron chi connectivity index (χ4n) is 5.37. The first-order chi connectivity index (χ1) is 18.3. The number of benzene rings is 3. The third-order valence-electron chi connectivity index (χ3n) is 7.32. The van der Waals surface area contributed by atoms with Gasteiger partial charge in [0.25, 0.3) is 0 Å². The number of unbranched alkanes of at least 4 members (excludes halogenated alkanes) is 4. The van der Waals surface area contributed by atoms with E-state index in [1.165, 1.54) is 70.3 Å². The van der Waals surface area contributed by atoms with E-state index in [-0.39, 0.29) is 0 Å². The molecule has 1 aromatic heterocycles. The minimum absolute atomic E-state index is 0.791. The predicted molar refractivity (Wildman–Crippen MR) is 159 cm³/mol. The van der Waals surface area contributed by atoms with Crippen molar-refractivity contribution in [1.82, 2.24) is 9.88 Å². The molecule has 0 atom stereocenters. The number of nitrogens with zero attached hydrogens (tertiary/aromatic N) is 1. The Morgan fingerprint density at radius 3 is 2.49 bits per heavy atom. The molecule has 0 saturated heterocycles. The van der Waals surface area contributed by atoms with Crippen molar-refractivity contribution in [2.75, 3.05) is 25.4 Å². The van der Waals surface area contributed by atoms with Crippen LogP contribution in [0.5, 0.6) is 5.75 Å². The zero-order valence-corrected chi connectivity index (χ0v) is 23.0. The van der Waals surface area contributed by atoms with Crippen LogP contribution < -0.4 is 10.1 Å². The van der Waals surface area contributed by atoms with E-state index in [1.807, 2.05) is 11.8 Å². The molecule has 3 nitrogen and oxygen atoms in total. The van der Waals surface area contributed by atoms with Gasteiger partial charge in [-0.25, -0.2) is 0 Å². The lowest BCUT2D eigenvalue weighted by Gasteiger charge is -2.14. The summed E-state index contributed by atoms with van der Waals surface area (Å²) in [6.07, 6.45) is 8.57. The van der Waals surface area contributed by atoms with E-state index in [2.05, 4.69) is 89.6 Å². The van der Waals surface area contributed by atoms with E-state index in [9.17, 15) is 0 Å². The van der Waals surface area contributed by atoms with Crippen LogP contribution in [0.3, 0.4) is 0 Å². The largest absolute Gasteiger partial charge is 0.494 e. The van der Waals surface area contributed by atoms with Gasteiger partial charge in [-0.2, -0.15) is 0 Å². The maximum Gasteiger partial charge on any atom is 0.119 e. The van der Waals surface area contributed by atoms with Crippen LogP contribution in [0.1, 0.15) is 56.6 Å². The number of thioether (sulfide) groups is 1. The van der Waals surface area contributed by atoms with Crippen molar-refractivity contribution in [3.8, 4) is 17.0 Å². The van der Waals surface area contributed by atoms with Crippen LogP contribution >= 0.6 is 11.8 Å². The lowest BCUT2D eigenvalue weighted by Crippen LogP contribution is -2.16. The quantitative estimate of drug-likeness (QED) is 0.182. The summed E-state index contributed by atoms with van der Waals surface area (Å²) in [5.41, 5.74) is 6.88. The van der Waals surface area contributed by atoms with Crippen LogP contribution in [0, 0.1) is 0 Å². The lowest BCUT2D eigenvalue weighted by atomic mass is 10.0. The van der Waals surface area contributed by atoms with Crippen LogP contribution in [0.25, 0.3) is 22.2 Å². The van der Waals surface area contributed by atoms with Crippen molar-refractivity contribution in [3.63, 3.8) is 0 Å². The second-order valence-electron chi connectivity index (χ2n) is 10.0. The van der Waals surface area contributed by atoms with E-state index in [1.54, 1.807) is 0 Å². The third-order valence-corrected chi connectivity index (χ3v) is 8.39. The van der Waals surface area contributed by atoms with Crippen molar-refractivity contribution < 1.29 is 4.74 Å². The van der Waals surface area contributed by atoms with Crippen LogP contribution in [-0.4, -0.2) is 30.0 Å². The van der Waals surface area contributed by atoms with E-state index in [0.29, 0.717) is 0 Å². The predicted octanol–water partition coefficient (Wildman–Crippen LogP) is 8.33. The molecule has 5 rings (SSSR count). The topological polar surface area (TPSA) is 26.2 Å². The molecule has 4 heteroatoms. The Morgan fingerprint density at radius 1 is 0.838 bits per heavy atom. The number of nitrogens with one attached hydrogen (secondary N) is 1. The second-order valence-corrected chi connectivity index (χ2v) is 11.2. The summed E-state index contributed by atoms with van der Waals surface area (Å²) < 4.78 is 8.58. The molecule has 194 valence electrons. The molecule has 0 radical (unpaired) electrons. The summed E-state index contributed by atoms with van der Waals surface area (Å²) in [7, 11) is 0. The van der Waals surface area contributed by atoms with E-state index < -0.39 is 0 Å². The number of para-hydroxylation sites is 1. The standard InChI is InChI=1S/C33H40N2OS/c1-2-3-9-21-34-22-10-4-11-23-36-27-18-16-26(17-19-27)25-35-31-14-7-5-12-28(31)29-20-24-37-32-15-8-6-13-30(32)33(29)35/h5-8,12-19,34H,2-4,9-11,20-25H2,1H3. The number of ether oxygens (including phenoxy) is 1. The van der Waals surface area contributed by atoms with E-state index in [4.69, 9.17) is 4.74 Å². The summed E-state index contributed by atoms with van der Waals surface area (Å²) in [6.45, 7) is 6.19. The number of hydrogen-bond acceptors (Lipinski definition) is 3. The van der Waals surface area contributed by atoms with Gasteiger partial charge in [0, 0.05) is 33.7 Å². The monoisotopic (exact) mass is 512 g/mol. The average molecular weight is 513 g/mol. The SMILES string of the molecule is CCCCCNCCCCCOc1ccc(Cn2c3c(c4ccccc42)CCSc2ccccc2-3)cc1. The van der Waals surface area contributed by atoms with Gasteiger partial charge in [-0.3, -0.25) is 0 Å². The minimum Gasteiger partial charge on any atom is -0.494 e. The molecule has 0 amide bonds. The molecule has 0 spiro atoms. The molecule has 0 saturated carbocycles. The summed E-state index contributed by atoms with van der Waals surface area (Å²) in [5, 5.41) is 4.94. The Kier molecular flexibility index (Phi) is 9.26. The van der Waals surface area contributed by atoms with Crippen molar-refractivity contribution in [1.29, 1.82) is 0 Å². The van der Waals surface area contributed by atoms with Gasteiger partial charge >= 0.3 is 0 Å².